The minimum Gasteiger partial charge on any atom is -0.339 e. The van der Waals surface area contributed by atoms with Crippen molar-refractivity contribution in [3.63, 3.8) is 0 Å². The minimum absolute atomic E-state index is 0.244. The predicted octanol–water partition coefficient (Wildman–Crippen LogP) is 0.177. The van der Waals surface area contributed by atoms with E-state index in [1.165, 1.54) is 0 Å². The number of nitrogens with zero attached hydrogens (tertiary/aromatic N) is 4. The van der Waals surface area contributed by atoms with Gasteiger partial charge in [-0.2, -0.15) is 0 Å². The van der Waals surface area contributed by atoms with Gasteiger partial charge in [0.1, 0.15) is 0 Å². The van der Waals surface area contributed by atoms with Crippen molar-refractivity contribution >= 4 is 5.91 Å². The highest BCUT2D eigenvalue weighted by molar-refractivity contribution is 5.78. The first-order chi connectivity index (χ1) is 9.36. The zero-order chi connectivity index (χ0) is 14.8. The van der Waals surface area contributed by atoms with Crippen LogP contribution in [0.5, 0.6) is 0 Å². The number of hydrogen-bond donors (Lipinski definition) is 0. The van der Waals surface area contributed by atoms with Gasteiger partial charge in [-0.3, -0.25) is 14.6 Å². The number of likely N-dealkylation sites (N-methyl/N-ethyl adjacent to an activating group) is 1. The van der Waals surface area contributed by atoms with Crippen molar-refractivity contribution in [2.24, 2.45) is 0 Å². The van der Waals surface area contributed by atoms with Gasteiger partial charge in [0.2, 0.25) is 5.91 Å². The third-order valence-electron chi connectivity index (χ3n) is 4.54. The number of carbonyl (C=O) groups excluding carboxylic acids is 1. The molecular formula is C15H30N4O. The summed E-state index contributed by atoms with van der Waals surface area (Å²) in [6.45, 7) is 15.3. The molecule has 0 radical (unpaired) electrons. The van der Waals surface area contributed by atoms with Crippen molar-refractivity contribution < 1.29 is 4.79 Å². The summed E-state index contributed by atoms with van der Waals surface area (Å²) in [6, 6.07) is 0. The summed E-state index contributed by atoms with van der Waals surface area (Å²) in [4.78, 5) is 21.4. The lowest BCUT2D eigenvalue weighted by molar-refractivity contribution is -0.134. The average molecular weight is 282 g/mol. The summed E-state index contributed by atoms with van der Waals surface area (Å²) in [5, 5.41) is 0. The second kappa shape index (κ2) is 6.41. The monoisotopic (exact) mass is 282 g/mol. The quantitative estimate of drug-likeness (QED) is 0.723. The van der Waals surface area contributed by atoms with Gasteiger partial charge in [0.15, 0.2) is 0 Å². The molecule has 0 saturated carbocycles. The molecule has 0 aromatic carbocycles. The summed E-state index contributed by atoms with van der Waals surface area (Å²) in [7, 11) is 2.12. The lowest BCUT2D eigenvalue weighted by Crippen LogP contribution is -2.56. The fourth-order valence-electron chi connectivity index (χ4n) is 2.92. The smallest absolute Gasteiger partial charge is 0.236 e. The Morgan fingerprint density at radius 3 is 1.95 bits per heavy atom. The molecule has 5 nitrogen and oxygen atoms in total. The molecule has 0 atom stereocenters. The van der Waals surface area contributed by atoms with Crippen LogP contribution >= 0.6 is 0 Å². The molecule has 2 aliphatic rings. The lowest BCUT2D eigenvalue weighted by atomic mass is 10.1. The second-order valence-corrected chi connectivity index (χ2v) is 7.12. The predicted molar refractivity (Wildman–Crippen MR) is 81.8 cm³/mol. The van der Waals surface area contributed by atoms with Gasteiger partial charge >= 0.3 is 0 Å². The van der Waals surface area contributed by atoms with E-state index in [0.717, 1.165) is 52.4 Å². The number of carbonyl (C=O) groups is 1. The SMILES string of the molecule is CN1CCN(C(=O)CN2CCN(C(C)(C)C)CC2)CC1. The molecule has 0 aromatic heterocycles. The van der Waals surface area contributed by atoms with E-state index in [-0.39, 0.29) is 5.54 Å². The lowest BCUT2D eigenvalue weighted by Gasteiger charge is -2.42. The van der Waals surface area contributed by atoms with Crippen LogP contribution in [0.3, 0.4) is 0 Å². The van der Waals surface area contributed by atoms with Gasteiger partial charge in [0, 0.05) is 57.9 Å². The van der Waals surface area contributed by atoms with Gasteiger partial charge in [0.25, 0.3) is 0 Å². The minimum atomic E-state index is 0.244. The maximum absolute atomic E-state index is 12.3. The molecule has 2 fully saturated rings. The molecule has 2 saturated heterocycles. The molecule has 0 bridgehead atoms. The largest absolute Gasteiger partial charge is 0.339 e. The highest BCUT2D eigenvalue weighted by Crippen LogP contribution is 2.15. The van der Waals surface area contributed by atoms with E-state index in [2.05, 4.69) is 42.5 Å². The number of amides is 1. The van der Waals surface area contributed by atoms with Crippen LogP contribution in [-0.2, 0) is 4.79 Å². The third-order valence-corrected chi connectivity index (χ3v) is 4.54. The van der Waals surface area contributed by atoms with Crippen molar-refractivity contribution in [2.45, 2.75) is 26.3 Å². The standard InChI is InChI=1S/C15H30N4O/c1-15(2,3)19-11-7-17(8-12-19)13-14(20)18-9-5-16(4)6-10-18/h5-13H2,1-4H3. The highest BCUT2D eigenvalue weighted by Gasteiger charge is 2.27. The van der Waals surface area contributed by atoms with Crippen molar-refractivity contribution in [2.75, 3.05) is 66.0 Å². The number of rotatable bonds is 2. The van der Waals surface area contributed by atoms with Crippen LogP contribution in [0.1, 0.15) is 20.8 Å². The maximum Gasteiger partial charge on any atom is 0.236 e. The molecule has 0 N–H and O–H groups in total. The zero-order valence-electron chi connectivity index (χ0n) is 13.6. The van der Waals surface area contributed by atoms with Crippen LogP contribution in [-0.4, -0.2) is 97.0 Å². The Balaban J connectivity index is 1.74. The van der Waals surface area contributed by atoms with Gasteiger partial charge < -0.3 is 9.80 Å². The molecule has 2 aliphatic heterocycles. The van der Waals surface area contributed by atoms with Crippen LogP contribution in [0.4, 0.5) is 0 Å². The number of hydrogen-bond acceptors (Lipinski definition) is 4. The van der Waals surface area contributed by atoms with Gasteiger partial charge in [-0.25, -0.2) is 0 Å². The van der Waals surface area contributed by atoms with Crippen LogP contribution in [0.2, 0.25) is 0 Å². The molecule has 116 valence electrons. The second-order valence-electron chi connectivity index (χ2n) is 7.12. The normalized spacial score (nSPS) is 24.1. The first kappa shape index (κ1) is 15.7. The van der Waals surface area contributed by atoms with E-state index in [1.807, 2.05) is 4.90 Å². The fraction of sp³-hybridized carbons (Fsp3) is 0.933. The summed E-state index contributed by atoms with van der Waals surface area (Å²) in [5.74, 6) is 0.308. The molecule has 1 amide bonds. The number of piperazine rings is 2. The van der Waals surface area contributed by atoms with Gasteiger partial charge in [0.05, 0.1) is 6.54 Å². The van der Waals surface area contributed by atoms with Gasteiger partial charge in [-0.1, -0.05) is 0 Å². The third kappa shape index (κ3) is 4.17. The summed E-state index contributed by atoms with van der Waals surface area (Å²) in [6.07, 6.45) is 0. The van der Waals surface area contributed by atoms with Gasteiger partial charge in [-0.15, -0.1) is 0 Å². The Kier molecular flexibility index (Phi) is 5.04. The zero-order valence-corrected chi connectivity index (χ0v) is 13.6. The van der Waals surface area contributed by atoms with Crippen molar-refractivity contribution in [1.29, 1.82) is 0 Å². The van der Waals surface area contributed by atoms with Crippen LogP contribution in [0.25, 0.3) is 0 Å². The molecule has 5 heteroatoms. The summed E-state index contributed by atoms with van der Waals surface area (Å²) >= 11 is 0. The molecule has 2 rings (SSSR count). The van der Waals surface area contributed by atoms with E-state index in [4.69, 9.17) is 0 Å². The Labute approximate surface area is 123 Å². The molecule has 0 spiro atoms. The van der Waals surface area contributed by atoms with E-state index in [1.54, 1.807) is 0 Å². The molecule has 0 aliphatic carbocycles. The van der Waals surface area contributed by atoms with E-state index >= 15 is 0 Å². The fourth-order valence-corrected chi connectivity index (χ4v) is 2.92. The first-order valence-corrected chi connectivity index (χ1v) is 7.80. The Morgan fingerprint density at radius 2 is 1.45 bits per heavy atom. The van der Waals surface area contributed by atoms with Gasteiger partial charge in [-0.05, 0) is 27.8 Å². The highest BCUT2D eigenvalue weighted by atomic mass is 16.2. The average Bonchev–Trinajstić information content (AvgIpc) is 2.39. The molecule has 20 heavy (non-hydrogen) atoms. The van der Waals surface area contributed by atoms with Crippen LogP contribution in [0, 0.1) is 0 Å². The maximum atomic E-state index is 12.3. The Hall–Kier alpha value is -0.650. The Morgan fingerprint density at radius 1 is 0.900 bits per heavy atom. The topological polar surface area (TPSA) is 30.0 Å². The molecule has 0 aromatic rings. The molecule has 0 unspecified atom stereocenters. The van der Waals surface area contributed by atoms with E-state index in [0.29, 0.717) is 12.5 Å². The van der Waals surface area contributed by atoms with Crippen molar-refractivity contribution in [3.8, 4) is 0 Å². The van der Waals surface area contributed by atoms with Crippen molar-refractivity contribution in [1.82, 2.24) is 19.6 Å². The van der Waals surface area contributed by atoms with Crippen LogP contribution < -0.4 is 0 Å². The summed E-state index contributed by atoms with van der Waals surface area (Å²) in [5.41, 5.74) is 0.244. The Bertz CT molecular complexity index is 323. The van der Waals surface area contributed by atoms with Crippen molar-refractivity contribution in [3.05, 3.63) is 0 Å². The summed E-state index contributed by atoms with van der Waals surface area (Å²) < 4.78 is 0. The first-order valence-electron chi connectivity index (χ1n) is 7.80. The van der Waals surface area contributed by atoms with E-state index < -0.39 is 0 Å². The molecule has 2 heterocycles. The van der Waals surface area contributed by atoms with E-state index in [9.17, 15) is 4.79 Å². The van der Waals surface area contributed by atoms with Crippen LogP contribution in [0.15, 0.2) is 0 Å². The molecular weight excluding hydrogens is 252 g/mol.